The van der Waals surface area contributed by atoms with Crippen molar-refractivity contribution in [1.29, 1.82) is 0 Å². The van der Waals surface area contributed by atoms with E-state index in [1.165, 1.54) is 8.52 Å². The molecule has 2 aromatic carbocycles. The fraction of sp³-hybridized carbons (Fsp3) is 0.125. The molecule has 116 valence electrons. The minimum Gasteiger partial charge on any atom is -0.454 e. The average molecular weight is 328 g/mol. The minimum absolute atomic E-state index is 0.166. The summed E-state index contributed by atoms with van der Waals surface area (Å²) in [5.74, 6) is 1.21. The first kappa shape index (κ1) is 13.8. The Hall–Kier alpha value is -2.80. The van der Waals surface area contributed by atoms with E-state index in [9.17, 15) is 9.59 Å². The Balaban J connectivity index is 1.75. The second-order valence-corrected chi connectivity index (χ2v) is 5.94. The van der Waals surface area contributed by atoms with E-state index in [0.29, 0.717) is 17.2 Å². The molecule has 0 fully saturated rings. The maximum absolute atomic E-state index is 12.6. The highest BCUT2D eigenvalue weighted by atomic mass is 32.1. The molecule has 0 atom stereocenters. The number of hydrogen-bond donors (Lipinski definition) is 0. The molecule has 4 rings (SSSR count). The third-order valence-electron chi connectivity index (χ3n) is 3.57. The molecule has 3 aromatic rings. The Kier molecular flexibility index (Phi) is 3.27. The average Bonchev–Trinajstić information content (AvgIpc) is 3.15. The zero-order valence-electron chi connectivity index (χ0n) is 12.0. The van der Waals surface area contributed by atoms with Crippen molar-refractivity contribution in [1.82, 2.24) is 8.52 Å². The first-order valence-electron chi connectivity index (χ1n) is 6.99. The van der Waals surface area contributed by atoms with E-state index < -0.39 is 0 Å². The normalized spacial score (nSPS) is 12.5. The van der Waals surface area contributed by atoms with Crippen molar-refractivity contribution in [2.45, 2.75) is 6.54 Å². The topological polar surface area (TPSA) is 62.5 Å². The lowest BCUT2D eigenvalue weighted by Gasteiger charge is -2.02. The summed E-state index contributed by atoms with van der Waals surface area (Å²) in [4.78, 5) is 24.4. The summed E-state index contributed by atoms with van der Waals surface area (Å²) in [7, 11) is 0. The number of ether oxygens (including phenoxy) is 2. The highest BCUT2D eigenvalue weighted by molar-refractivity contribution is 7.03. The highest BCUT2D eigenvalue weighted by Gasteiger charge is 2.17. The maximum Gasteiger partial charge on any atom is 0.346 e. The number of fused-ring (bicyclic) bond motifs is 1. The summed E-state index contributed by atoms with van der Waals surface area (Å²) in [6.45, 7) is 0.422. The molecular formula is C16H12N2O4S. The molecule has 0 saturated carbocycles. The van der Waals surface area contributed by atoms with E-state index in [4.69, 9.17) is 9.47 Å². The molecule has 2 heterocycles. The van der Waals surface area contributed by atoms with Crippen LogP contribution in [0.3, 0.4) is 0 Å². The van der Waals surface area contributed by atoms with Crippen LogP contribution in [0.2, 0.25) is 0 Å². The molecule has 0 aliphatic carbocycles. The van der Waals surface area contributed by atoms with Crippen LogP contribution < -0.4 is 20.0 Å². The lowest BCUT2D eigenvalue weighted by molar-refractivity contribution is 0.174. The Morgan fingerprint density at radius 2 is 1.78 bits per heavy atom. The highest BCUT2D eigenvalue weighted by Crippen LogP contribution is 2.33. The second-order valence-electron chi connectivity index (χ2n) is 5.04. The quantitative estimate of drug-likeness (QED) is 0.736. The van der Waals surface area contributed by atoms with Gasteiger partial charge in [0.05, 0.1) is 12.2 Å². The van der Waals surface area contributed by atoms with Gasteiger partial charge in [-0.1, -0.05) is 30.3 Å². The number of rotatable bonds is 3. The predicted molar refractivity (Wildman–Crippen MR) is 85.8 cm³/mol. The molecule has 1 aliphatic rings. The van der Waals surface area contributed by atoms with Gasteiger partial charge in [-0.2, -0.15) is 0 Å². The van der Waals surface area contributed by atoms with Crippen molar-refractivity contribution in [3.63, 3.8) is 0 Å². The van der Waals surface area contributed by atoms with Crippen molar-refractivity contribution in [2.75, 3.05) is 6.79 Å². The molecule has 0 bridgehead atoms. The van der Waals surface area contributed by atoms with Gasteiger partial charge in [-0.15, -0.1) is 0 Å². The van der Waals surface area contributed by atoms with Crippen molar-refractivity contribution < 1.29 is 9.47 Å². The number of hydrogen-bond acceptors (Lipinski definition) is 5. The van der Waals surface area contributed by atoms with Crippen LogP contribution in [0.15, 0.2) is 58.1 Å². The Morgan fingerprint density at radius 1 is 1.00 bits per heavy atom. The summed E-state index contributed by atoms with van der Waals surface area (Å²) in [6, 6.07) is 14.6. The van der Waals surface area contributed by atoms with Gasteiger partial charge in [0, 0.05) is 17.6 Å². The molecule has 23 heavy (non-hydrogen) atoms. The van der Waals surface area contributed by atoms with E-state index in [1.54, 1.807) is 18.2 Å². The fourth-order valence-corrected chi connectivity index (χ4v) is 3.22. The smallest absolute Gasteiger partial charge is 0.346 e. The van der Waals surface area contributed by atoms with E-state index in [0.717, 1.165) is 17.1 Å². The summed E-state index contributed by atoms with van der Waals surface area (Å²) >= 11 is 0.874. The lowest BCUT2D eigenvalue weighted by Crippen LogP contribution is -2.28. The number of aromatic nitrogens is 2. The van der Waals surface area contributed by atoms with Crippen molar-refractivity contribution >= 4 is 11.5 Å². The van der Waals surface area contributed by atoms with Crippen LogP contribution in [-0.2, 0) is 6.54 Å². The van der Waals surface area contributed by atoms with Gasteiger partial charge in [0.15, 0.2) is 11.5 Å². The number of benzene rings is 2. The van der Waals surface area contributed by atoms with Crippen LogP contribution in [0.5, 0.6) is 11.5 Å². The molecule has 0 unspecified atom stereocenters. The Morgan fingerprint density at radius 3 is 2.61 bits per heavy atom. The summed E-state index contributed by atoms with van der Waals surface area (Å²) in [6.07, 6.45) is 0. The second kappa shape index (κ2) is 5.44. The first-order valence-corrected chi connectivity index (χ1v) is 7.77. The SMILES string of the molecule is O=c1sn(-c2ccc3c(c2)OCO3)c(=O)n1Cc1ccccc1. The standard InChI is InChI=1S/C16H12N2O4S/c19-15-17(9-11-4-2-1-3-5-11)16(20)23-18(15)12-6-7-13-14(8-12)22-10-21-13/h1-8H,9-10H2. The van der Waals surface area contributed by atoms with Crippen LogP contribution in [0, 0.1) is 0 Å². The van der Waals surface area contributed by atoms with Gasteiger partial charge >= 0.3 is 10.6 Å². The van der Waals surface area contributed by atoms with Gasteiger partial charge in [-0.25, -0.2) is 13.3 Å². The monoisotopic (exact) mass is 328 g/mol. The zero-order chi connectivity index (χ0) is 15.8. The van der Waals surface area contributed by atoms with Crippen LogP contribution in [0.1, 0.15) is 5.56 Å². The van der Waals surface area contributed by atoms with Gasteiger partial charge in [-0.05, 0) is 17.7 Å². The summed E-state index contributed by atoms with van der Waals surface area (Å²) < 4.78 is 13.2. The first-order chi connectivity index (χ1) is 11.2. The molecule has 6 nitrogen and oxygen atoms in total. The van der Waals surface area contributed by atoms with Gasteiger partial charge in [0.1, 0.15) is 0 Å². The van der Waals surface area contributed by atoms with E-state index in [2.05, 4.69) is 0 Å². The van der Waals surface area contributed by atoms with Gasteiger partial charge < -0.3 is 9.47 Å². The third-order valence-corrected chi connectivity index (χ3v) is 4.49. The molecule has 1 aromatic heterocycles. The summed E-state index contributed by atoms with van der Waals surface area (Å²) in [5.41, 5.74) is 1.14. The van der Waals surface area contributed by atoms with Gasteiger partial charge in [0.2, 0.25) is 6.79 Å². The Labute approximate surface area is 134 Å². The zero-order valence-corrected chi connectivity index (χ0v) is 12.8. The lowest BCUT2D eigenvalue weighted by atomic mass is 10.2. The molecule has 0 amide bonds. The van der Waals surface area contributed by atoms with Crippen molar-refractivity contribution in [3.8, 4) is 17.2 Å². The predicted octanol–water partition coefficient (Wildman–Crippen LogP) is 1.84. The van der Waals surface area contributed by atoms with Crippen LogP contribution in [0.4, 0.5) is 0 Å². The summed E-state index contributed by atoms with van der Waals surface area (Å²) in [5, 5.41) is 0. The van der Waals surface area contributed by atoms with E-state index in [-0.39, 0.29) is 23.9 Å². The number of nitrogens with zero attached hydrogens (tertiary/aromatic N) is 2. The van der Waals surface area contributed by atoms with Crippen LogP contribution >= 0.6 is 11.5 Å². The maximum atomic E-state index is 12.6. The van der Waals surface area contributed by atoms with E-state index >= 15 is 0 Å². The molecule has 0 radical (unpaired) electrons. The molecule has 1 aliphatic heterocycles. The van der Waals surface area contributed by atoms with Crippen LogP contribution in [0.25, 0.3) is 5.69 Å². The minimum atomic E-state index is -0.359. The van der Waals surface area contributed by atoms with Crippen molar-refractivity contribution in [3.05, 3.63) is 74.2 Å². The largest absolute Gasteiger partial charge is 0.454 e. The van der Waals surface area contributed by atoms with Crippen molar-refractivity contribution in [2.24, 2.45) is 0 Å². The van der Waals surface area contributed by atoms with Gasteiger partial charge in [-0.3, -0.25) is 4.79 Å². The molecule has 0 N–H and O–H groups in total. The Bertz CT molecular complexity index is 972. The molecular weight excluding hydrogens is 316 g/mol. The van der Waals surface area contributed by atoms with Gasteiger partial charge in [0.25, 0.3) is 0 Å². The fourth-order valence-electron chi connectivity index (χ4n) is 2.43. The van der Waals surface area contributed by atoms with Crippen LogP contribution in [-0.4, -0.2) is 15.3 Å². The molecule has 0 saturated heterocycles. The van der Waals surface area contributed by atoms with E-state index in [1.807, 2.05) is 30.3 Å². The molecule has 7 heteroatoms. The molecule has 0 spiro atoms. The third kappa shape index (κ3) is 2.44.